The van der Waals surface area contributed by atoms with Gasteiger partial charge in [-0.2, -0.15) is 0 Å². The van der Waals surface area contributed by atoms with Crippen LogP contribution in [0.2, 0.25) is 0 Å². The van der Waals surface area contributed by atoms with Gasteiger partial charge in [0.1, 0.15) is 10.7 Å². The van der Waals surface area contributed by atoms with Gasteiger partial charge in [-0.05, 0) is 24.8 Å². The minimum atomic E-state index is 0.311. The molecule has 0 aliphatic heterocycles. The van der Waals surface area contributed by atoms with Crippen molar-refractivity contribution in [3.63, 3.8) is 0 Å². The van der Waals surface area contributed by atoms with E-state index < -0.39 is 0 Å². The number of hydrogen-bond acceptors (Lipinski definition) is 4. The second-order valence-electron chi connectivity index (χ2n) is 4.17. The largest absolute Gasteiger partial charge is 0.388 e. The summed E-state index contributed by atoms with van der Waals surface area (Å²) in [6, 6.07) is 2.26. The molecule has 1 aliphatic rings. The topological polar surface area (TPSA) is 63.8 Å². The van der Waals surface area contributed by atoms with Crippen LogP contribution in [0.1, 0.15) is 31.9 Å². The zero-order chi connectivity index (χ0) is 11.5. The van der Waals surface area contributed by atoms with E-state index in [-0.39, 0.29) is 0 Å². The third kappa shape index (κ3) is 2.66. The van der Waals surface area contributed by atoms with Crippen molar-refractivity contribution in [2.45, 2.75) is 32.2 Å². The Hall–Kier alpha value is -1.23. The smallest absolute Gasteiger partial charge is 0.223 e. The average molecular weight is 236 g/mol. The molecule has 0 bridgehead atoms. The first-order valence-corrected chi connectivity index (χ1v) is 6.01. The number of nitrogens with zero attached hydrogens (tertiary/aromatic N) is 2. The third-order valence-electron chi connectivity index (χ3n) is 2.80. The summed E-state index contributed by atoms with van der Waals surface area (Å²) in [5.41, 5.74) is 6.14. The van der Waals surface area contributed by atoms with Crippen LogP contribution in [0.3, 0.4) is 0 Å². The molecule has 1 aromatic rings. The molecule has 0 amide bonds. The van der Waals surface area contributed by atoms with Gasteiger partial charge in [-0.15, -0.1) is 0 Å². The van der Waals surface area contributed by atoms with Crippen molar-refractivity contribution >= 4 is 23.2 Å². The van der Waals surface area contributed by atoms with Crippen LogP contribution >= 0.6 is 12.2 Å². The van der Waals surface area contributed by atoms with Crippen molar-refractivity contribution < 1.29 is 0 Å². The Balaban J connectivity index is 1.95. The van der Waals surface area contributed by atoms with E-state index in [1.165, 1.54) is 19.3 Å². The minimum absolute atomic E-state index is 0.311. The van der Waals surface area contributed by atoms with Crippen LogP contribution in [-0.2, 0) is 0 Å². The van der Waals surface area contributed by atoms with E-state index in [2.05, 4.69) is 22.2 Å². The van der Waals surface area contributed by atoms with Gasteiger partial charge >= 0.3 is 0 Å². The maximum Gasteiger partial charge on any atom is 0.223 e. The Kier molecular flexibility index (Phi) is 3.33. The molecule has 3 N–H and O–H groups in total. The summed E-state index contributed by atoms with van der Waals surface area (Å²) in [5, 5.41) is 3.31. The minimum Gasteiger partial charge on any atom is -0.388 e. The van der Waals surface area contributed by atoms with Crippen molar-refractivity contribution in [3.8, 4) is 0 Å². The van der Waals surface area contributed by atoms with Crippen LogP contribution in [0.25, 0.3) is 0 Å². The monoisotopic (exact) mass is 236 g/mol. The highest BCUT2D eigenvalue weighted by molar-refractivity contribution is 7.80. The van der Waals surface area contributed by atoms with Gasteiger partial charge in [-0.3, -0.25) is 0 Å². The van der Waals surface area contributed by atoms with Crippen molar-refractivity contribution in [2.75, 3.05) is 5.32 Å². The molecule has 0 aromatic carbocycles. The predicted octanol–water partition coefficient (Wildman–Crippen LogP) is 1.71. The number of rotatable bonds is 5. The van der Waals surface area contributed by atoms with E-state index in [0.29, 0.717) is 22.7 Å². The highest BCUT2D eigenvalue weighted by Gasteiger charge is 2.36. The number of nitrogens with one attached hydrogen (secondary N) is 1. The van der Waals surface area contributed by atoms with Gasteiger partial charge in [0.25, 0.3) is 0 Å². The lowest BCUT2D eigenvalue weighted by Gasteiger charge is -2.04. The molecular formula is C11H16N4S. The summed E-state index contributed by atoms with van der Waals surface area (Å²) in [4.78, 5) is 8.73. The average Bonchev–Trinajstić information content (AvgIpc) is 2.97. The Bertz CT molecular complexity index is 393. The second-order valence-corrected chi connectivity index (χ2v) is 4.60. The van der Waals surface area contributed by atoms with Crippen molar-refractivity contribution in [3.05, 3.63) is 18.0 Å². The highest BCUT2D eigenvalue weighted by Crippen LogP contribution is 2.36. The van der Waals surface area contributed by atoms with Crippen LogP contribution in [0.4, 0.5) is 5.95 Å². The molecule has 86 valence electrons. The number of nitrogens with two attached hydrogens (primary N) is 1. The third-order valence-corrected chi connectivity index (χ3v) is 3.01. The predicted molar refractivity (Wildman–Crippen MR) is 68.3 cm³/mol. The van der Waals surface area contributed by atoms with E-state index in [1.807, 2.05) is 0 Å². The molecule has 4 nitrogen and oxygen atoms in total. The van der Waals surface area contributed by atoms with Crippen molar-refractivity contribution in [1.29, 1.82) is 0 Å². The second kappa shape index (κ2) is 4.74. The summed E-state index contributed by atoms with van der Waals surface area (Å²) in [6.45, 7) is 2.21. The summed E-state index contributed by atoms with van der Waals surface area (Å²) in [6.07, 6.45) is 5.40. The Morgan fingerprint density at radius 2 is 2.50 bits per heavy atom. The van der Waals surface area contributed by atoms with Gasteiger partial charge in [-0.1, -0.05) is 25.6 Å². The molecule has 0 spiro atoms. The van der Waals surface area contributed by atoms with Crippen LogP contribution in [0, 0.1) is 5.92 Å². The van der Waals surface area contributed by atoms with E-state index in [9.17, 15) is 0 Å². The van der Waals surface area contributed by atoms with E-state index >= 15 is 0 Å². The molecule has 0 radical (unpaired) electrons. The Labute approximate surface area is 101 Å². The van der Waals surface area contributed by atoms with Gasteiger partial charge in [0.15, 0.2) is 0 Å². The quantitative estimate of drug-likeness (QED) is 0.762. The van der Waals surface area contributed by atoms with E-state index in [0.717, 1.165) is 5.92 Å². The van der Waals surface area contributed by atoms with Crippen molar-refractivity contribution in [2.24, 2.45) is 11.7 Å². The molecule has 1 aromatic heterocycles. The lowest BCUT2D eigenvalue weighted by molar-refractivity contribution is 0.691. The Morgan fingerprint density at radius 1 is 1.69 bits per heavy atom. The zero-order valence-electron chi connectivity index (χ0n) is 9.31. The molecule has 1 saturated carbocycles. The molecule has 1 heterocycles. The fourth-order valence-corrected chi connectivity index (χ4v) is 1.96. The van der Waals surface area contributed by atoms with Gasteiger partial charge < -0.3 is 11.1 Å². The van der Waals surface area contributed by atoms with Gasteiger partial charge in [0.2, 0.25) is 5.95 Å². The number of aromatic nitrogens is 2. The SMILES string of the molecule is CCCC1CC1Nc1nccc(C(N)=S)n1. The first kappa shape index (κ1) is 11.3. The lowest BCUT2D eigenvalue weighted by atomic mass is 10.2. The van der Waals surface area contributed by atoms with E-state index in [1.54, 1.807) is 12.3 Å². The van der Waals surface area contributed by atoms with Gasteiger partial charge in [0.05, 0.1) is 0 Å². The highest BCUT2D eigenvalue weighted by atomic mass is 32.1. The molecular weight excluding hydrogens is 220 g/mol. The maximum absolute atomic E-state index is 5.52. The molecule has 1 fully saturated rings. The van der Waals surface area contributed by atoms with Gasteiger partial charge in [0, 0.05) is 12.2 Å². The summed E-state index contributed by atoms with van der Waals surface area (Å²) in [7, 11) is 0. The molecule has 0 saturated heterocycles. The number of hydrogen-bond donors (Lipinski definition) is 2. The molecule has 2 unspecified atom stereocenters. The summed E-state index contributed by atoms with van der Waals surface area (Å²) < 4.78 is 0. The number of anilines is 1. The molecule has 2 atom stereocenters. The lowest BCUT2D eigenvalue weighted by Crippen LogP contribution is -2.15. The first-order valence-electron chi connectivity index (χ1n) is 5.60. The molecule has 1 aliphatic carbocycles. The normalized spacial score (nSPS) is 22.8. The zero-order valence-corrected chi connectivity index (χ0v) is 10.1. The van der Waals surface area contributed by atoms with Crippen molar-refractivity contribution in [1.82, 2.24) is 9.97 Å². The molecule has 5 heteroatoms. The Morgan fingerprint density at radius 3 is 3.19 bits per heavy atom. The van der Waals surface area contributed by atoms with Crippen LogP contribution in [0.15, 0.2) is 12.3 Å². The fraction of sp³-hybridized carbons (Fsp3) is 0.545. The summed E-state index contributed by atoms with van der Waals surface area (Å²) in [5.74, 6) is 1.41. The van der Waals surface area contributed by atoms with Crippen LogP contribution in [-0.4, -0.2) is 21.0 Å². The molecule has 16 heavy (non-hydrogen) atoms. The molecule has 2 rings (SSSR count). The maximum atomic E-state index is 5.52. The standard InChI is InChI=1S/C11H16N4S/c1-2-3-7-6-9(7)15-11-13-5-4-8(14-11)10(12)16/h4-5,7,9H,2-3,6H2,1H3,(H2,12,16)(H,13,14,15). The van der Waals surface area contributed by atoms with E-state index in [4.69, 9.17) is 18.0 Å². The van der Waals surface area contributed by atoms with Gasteiger partial charge in [-0.25, -0.2) is 9.97 Å². The van der Waals surface area contributed by atoms with Crippen LogP contribution < -0.4 is 11.1 Å². The van der Waals surface area contributed by atoms with Crippen LogP contribution in [0.5, 0.6) is 0 Å². The fourth-order valence-electron chi connectivity index (χ4n) is 1.85. The summed E-state index contributed by atoms with van der Waals surface area (Å²) >= 11 is 4.88. The number of thiocarbonyl (C=S) groups is 1. The first-order chi connectivity index (χ1) is 7.70.